The summed E-state index contributed by atoms with van der Waals surface area (Å²) in [6.45, 7) is 0. The molecular formula is C25H20F3N5NiO2S. The van der Waals surface area contributed by atoms with Crippen molar-refractivity contribution in [2.45, 2.75) is 19.0 Å². The Bertz CT molecular complexity index is 1330. The first-order valence-electron chi connectivity index (χ1n) is 10.5. The van der Waals surface area contributed by atoms with Gasteiger partial charge in [-0.2, -0.15) is 13.2 Å². The molecule has 1 aromatic carbocycles. The molecule has 2 N–H and O–H groups in total. The first-order valence-corrected chi connectivity index (χ1v) is 11.3. The maximum Gasteiger partial charge on any atom is 2.00 e. The van der Waals surface area contributed by atoms with Crippen LogP contribution in [0.15, 0.2) is 41.7 Å². The van der Waals surface area contributed by atoms with E-state index in [0.717, 1.165) is 17.1 Å². The van der Waals surface area contributed by atoms with Gasteiger partial charge >= 0.3 is 22.7 Å². The molecular weight excluding hydrogens is 550 g/mol. The molecule has 7 nitrogen and oxygen atoms in total. The minimum absolute atomic E-state index is 0. The minimum atomic E-state index is -4.54. The van der Waals surface area contributed by atoms with Crippen LogP contribution in [0.2, 0.25) is 0 Å². The number of halogens is 3. The molecule has 0 bridgehead atoms. The van der Waals surface area contributed by atoms with E-state index in [-0.39, 0.29) is 38.9 Å². The number of aliphatic imine (C=N–C) groups is 1. The Kier molecular flexibility index (Phi) is 11.0. The first-order chi connectivity index (χ1) is 17.3. The summed E-state index contributed by atoms with van der Waals surface area (Å²) in [5.74, 6) is 6.86. The molecule has 1 fully saturated rings. The number of benzene rings is 1. The first kappa shape index (κ1) is 29.7. The quantitative estimate of drug-likeness (QED) is 0.212. The zero-order valence-electron chi connectivity index (χ0n) is 19.6. The number of hydrogen-bond acceptors (Lipinski definition) is 8. The number of rotatable bonds is 5. The number of aromatic nitrogens is 3. The predicted octanol–water partition coefficient (Wildman–Crippen LogP) is 4.33. The molecule has 0 atom stereocenters. The molecule has 1 aliphatic rings. The van der Waals surface area contributed by atoms with Crippen molar-refractivity contribution in [3.8, 4) is 28.7 Å². The monoisotopic (exact) mass is 569 g/mol. The average molecular weight is 570 g/mol. The third-order valence-corrected chi connectivity index (χ3v) is 5.41. The van der Waals surface area contributed by atoms with Crippen molar-refractivity contribution in [3.05, 3.63) is 64.0 Å². The van der Waals surface area contributed by atoms with E-state index in [1.807, 2.05) is 0 Å². The van der Waals surface area contributed by atoms with Crippen LogP contribution in [0.3, 0.4) is 0 Å². The average Bonchev–Trinajstić information content (AvgIpc) is 3.57. The number of pyridine rings is 1. The summed E-state index contributed by atoms with van der Waals surface area (Å²) in [5, 5.41) is 8.10. The zero-order valence-corrected chi connectivity index (χ0v) is 21.4. The molecule has 0 aliphatic heterocycles. The Morgan fingerprint density at radius 3 is 2.62 bits per heavy atom. The van der Waals surface area contributed by atoms with Gasteiger partial charge in [-0.3, -0.25) is 10.1 Å². The summed E-state index contributed by atoms with van der Waals surface area (Å²) in [6, 6.07) is 4.46. The van der Waals surface area contributed by atoms with Gasteiger partial charge in [0.05, 0.1) is 19.0 Å². The van der Waals surface area contributed by atoms with Crippen LogP contribution < -0.4 is 10.5 Å². The maximum absolute atomic E-state index is 13.1. The van der Waals surface area contributed by atoms with Crippen LogP contribution in [0.1, 0.15) is 34.7 Å². The van der Waals surface area contributed by atoms with Gasteiger partial charge < -0.3 is 31.6 Å². The van der Waals surface area contributed by atoms with Crippen molar-refractivity contribution in [1.82, 2.24) is 15.2 Å². The molecule has 12 heteroatoms. The molecule has 37 heavy (non-hydrogen) atoms. The minimum Gasteiger partial charge on any atom is -0.497 e. The van der Waals surface area contributed by atoms with Gasteiger partial charge in [0.15, 0.2) is 0 Å². The summed E-state index contributed by atoms with van der Waals surface area (Å²) in [6.07, 6.45) is 3.58. The van der Waals surface area contributed by atoms with Gasteiger partial charge in [0.2, 0.25) is 0 Å². The Labute approximate surface area is 226 Å². The van der Waals surface area contributed by atoms with Crippen LogP contribution in [0, 0.1) is 23.3 Å². The molecule has 0 saturated heterocycles. The van der Waals surface area contributed by atoms with Crippen molar-refractivity contribution in [1.29, 1.82) is 0 Å². The second-order valence-corrected chi connectivity index (χ2v) is 8.15. The van der Waals surface area contributed by atoms with E-state index in [4.69, 9.17) is 10.5 Å². The molecule has 2 heterocycles. The Morgan fingerprint density at radius 2 is 2.08 bits per heavy atom. The van der Waals surface area contributed by atoms with E-state index in [2.05, 4.69) is 37.5 Å². The summed E-state index contributed by atoms with van der Waals surface area (Å²) >= 11 is 1.37. The molecule has 194 valence electrons. The zero-order chi connectivity index (χ0) is 26.1. The number of nitrogens with two attached hydrogens (primary N) is 1. The number of alkyl halides is 3. The second-order valence-electron chi connectivity index (χ2n) is 7.38. The topological polar surface area (TPSA) is 103 Å². The molecule has 0 unspecified atom stereocenters. The molecule has 2 aromatic heterocycles. The fourth-order valence-corrected chi connectivity index (χ4v) is 3.30. The van der Waals surface area contributed by atoms with Crippen LogP contribution in [-0.4, -0.2) is 41.8 Å². The van der Waals surface area contributed by atoms with E-state index < -0.39 is 11.7 Å². The largest absolute Gasteiger partial charge is 2.00 e. The van der Waals surface area contributed by atoms with Crippen LogP contribution in [-0.2, 0) is 27.5 Å². The van der Waals surface area contributed by atoms with Crippen LogP contribution in [0.25, 0.3) is 16.7 Å². The van der Waals surface area contributed by atoms with Gasteiger partial charge in [0.25, 0.3) is 0 Å². The van der Waals surface area contributed by atoms with Gasteiger partial charge in [-0.15, -0.1) is 23.0 Å². The van der Waals surface area contributed by atoms with Crippen molar-refractivity contribution < 1.29 is 39.2 Å². The number of allylic oxidation sites excluding steroid dienone is 1. The third kappa shape index (κ3) is 8.24. The summed E-state index contributed by atoms with van der Waals surface area (Å²) in [5.41, 5.74) is 8.39. The number of nitrogens with zero attached hydrogens (tertiary/aromatic N) is 4. The molecule has 0 amide bonds. The van der Waals surface area contributed by atoms with Crippen LogP contribution in [0.4, 0.5) is 13.2 Å². The molecule has 3 aromatic rings. The molecule has 1 saturated carbocycles. The Morgan fingerprint density at radius 1 is 1.32 bits per heavy atom. The number of methoxy groups -OCH3 is 1. The van der Waals surface area contributed by atoms with Gasteiger partial charge in [-0.1, -0.05) is 23.8 Å². The molecule has 0 spiro atoms. The standard InChI is InChI=1S/C18H15F3N3O2.C7H5N2S.Ni/c1-23-8-11(7-22)16-6-14(12(10-25)9-24-16)15-5-13(18(19,20)21)3-4-17(15)26-2;1-2-6(1)3-4-7-9-8-5-10-7;/h3-9H,22H2,1-2H3;6H,1-2H2;/q2*-1;+2/b11-7+,23-8?;;. The Balaban J connectivity index is 0.000000363. The SMILES string of the molecule is C(#CC1CC1)c1nn[c-]s1.CN=C/C(=C\N)c1cc(-c2cc(C(F)(F)F)ccc2OC)c([C-]=O)cn1.[Ni+2]. The van der Waals surface area contributed by atoms with E-state index >= 15 is 0 Å². The summed E-state index contributed by atoms with van der Waals surface area (Å²) < 4.78 is 44.4. The van der Waals surface area contributed by atoms with Crippen LogP contribution >= 0.6 is 11.3 Å². The predicted molar refractivity (Wildman–Crippen MR) is 131 cm³/mol. The van der Waals surface area contributed by atoms with Crippen LogP contribution in [0.5, 0.6) is 5.75 Å². The van der Waals surface area contributed by atoms with Crippen molar-refractivity contribution >= 4 is 29.4 Å². The number of hydrogen-bond donors (Lipinski definition) is 1. The second kappa shape index (κ2) is 13.7. The van der Waals surface area contributed by atoms with Crippen molar-refractivity contribution in [2.24, 2.45) is 16.6 Å². The summed E-state index contributed by atoms with van der Waals surface area (Å²) in [4.78, 5) is 19.2. The molecule has 1 aliphatic carbocycles. The van der Waals surface area contributed by atoms with E-state index in [0.29, 0.717) is 17.2 Å². The van der Waals surface area contributed by atoms with Crippen molar-refractivity contribution in [2.75, 3.05) is 14.2 Å². The Hall–Kier alpha value is -3.55. The fraction of sp³-hybridized carbons (Fsp3) is 0.240. The molecule has 0 radical (unpaired) electrons. The smallest absolute Gasteiger partial charge is 0.497 e. The molecule has 4 rings (SSSR count). The number of carbonyl (C=O) groups excluding carboxylic acids is 1. The van der Waals surface area contributed by atoms with Gasteiger partial charge in [-0.05, 0) is 30.5 Å². The van der Waals surface area contributed by atoms with E-state index in [1.54, 1.807) is 6.29 Å². The van der Waals surface area contributed by atoms with E-state index in [1.165, 1.54) is 69.1 Å². The van der Waals surface area contributed by atoms with Gasteiger partial charge in [0.1, 0.15) is 5.75 Å². The van der Waals surface area contributed by atoms with Gasteiger partial charge in [-0.25, -0.2) is 5.10 Å². The maximum atomic E-state index is 13.1. The number of ether oxygens (including phenoxy) is 1. The normalized spacial score (nSPS) is 13.1. The van der Waals surface area contributed by atoms with Crippen molar-refractivity contribution in [3.63, 3.8) is 0 Å². The summed E-state index contributed by atoms with van der Waals surface area (Å²) in [7, 11) is 2.86. The van der Waals surface area contributed by atoms with E-state index in [9.17, 15) is 18.0 Å². The van der Waals surface area contributed by atoms with Gasteiger partial charge in [0, 0.05) is 41.7 Å². The fourth-order valence-electron chi connectivity index (χ4n) is 2.94. The third-order valence-electron chi connectivity index (χ3n) is 4.86.